The van der Waals surface area contributed by atoms with E-state index < -0.39 is 11.0 Å². The summed E-state index contributed by atoms with van der Waals surface area (Å²) in [5.74, 6) is 0. The molecule has 0 saturated carbocycles. The quantitative estimate of drug-likeness (QED) is 0.741. The molecule has 1 unspecified atom stereocenters. The van der Waals surface area contributed by atoms with Gasteiger partial charge in [0.05, 0.1) is 4.90 Å². The van der Waals surface area contributed by atoms with Crippen molar-refractivity contribution in [1.29, 1.82) is 0 Å². The van der Waals surface area contributed by atoms with Gasteiger partial charge in [-0.3, -0.25) is 0 Å². The summed E-state index contributed by atoms with van der Waals surface area (Å²) in [4.78, 5) is 1.72. The van der Waals surface area contributed by atoms with Crippen molar-refractivity contribution in [3.8, 4) is 0 Å². The Kier molecular flexibility index (Phi) is 2.71. The van der Waals surface area contributed by atoms with Gasteiger partial charge < -0.3 is 0 Å². The van der Waals surface area contributed by atoms with Crippen LogP contribution in [0, 0.1) is 0 Å². The summed E-state index contributed by atoms with van der Waals surface area (Å²) in [6, 6.07) is 7.51. The molecule has 0 N–H and O–H groups in total. The molecule has 13 heavy (non-hydrogen) atoms. The van der Waals surface area contributed by atoms with Crippen LogP contribution in [-0.2, 0) is 11.0 Å². The van der Waals surface area contributed by atoms with Crippen LogP contribution in [0.4, 0.5) is 0 Å². The molecular weight excluding hydrogens is 202 g/mol. The summed E-state index contributed by atoms with van der Waals surface area (Å²) in [7, 11) is -0.967. The average molecular weight is 213 g/mol. The summed E-state index contributed by atoms with van der Waals surface area (Å²) >= 11 is 4.21. The lowest BCUT2D eigenvalue weighted by Gasteiger charge is -2.28. The number of rotatable bonds is 2. The van der Waals surface area contributed by atoms with Crippen LogP contribution in [-0.4, -0.2) is 21.6 Å². The van der Waals surface area contributed by atoms with Crippen molar-refractivity contribution >= 4 is 23.6 Å². The van der Waals surface area contributed by atoms with Crippen LogP contribution >= 0.6 is 12.6 Å². The summed E-state index contributed by atoms with van der Waals surface area (Å²) in [6.45, 7) is 1.90. The van der Waals surface area contributed by atoms with Crippen molar-refractivity contribution in [1.82, 2.24) is 4.31 Å². The smallest absolute Gasteiger partial charge is 0.127 e. The fourth-order valence-corrected chi connectivity index (χ4v) is 2.82. The Morgan fingerprint density at radius 1 is 1.38 bits per heavy atom. The second-order valence-corrected chi connectivity index (χ2v) is 5.03. The summed E-state index contributed by atoms with van der Waals surface area (Å²) in [5.41, 5.74) is 0. The van der Waals surface area contributed by atoms with Crippen LogP contribution in [0.2, 0.25) is 0 Å². The van der Waals surface area contributed by atoms with E-state index in [2.05, 4.69) is 12.6 Å². The van der Waals surface area contributed by atoms with Gasteiger partial charge in [-0.15, -0.1) is 12.6 Å². The van der Waals surface area contributed by atoms with Gasteiger partial charge in [-0.25, -0.2) is 8.51 Å². The van der Waals surface area contributed by atoms with Gasteiger partial charge >= 0.3 is 0 Å². The molecule has 1 heterocycles. The third-order valence-corrected chi connectivity index (χ3v) is 3.84. The molecule has 2 rings (SSSR count). The van der Waals surface area contributed by atoms with Crippen molar-refractivity contribution < 1.29 is 4.21 Å². The molecule has 0 amide bonds. The van der Waals surface area contributed by atoms with Gasteiger partial charge in [0.15, 0.2) is 0 Å². The van der Waals surface area contributed by atoms with Crippen LogP contribution in [0.5, 0.6) is 0 Å². The molecule has 70 valence electrons. The van der Waals surface area contributed by atoms with E-state index >= 15 is 0 Å². The Morgan fingerprint density at radius 3 is 2.69 bits per heavy atom. The monoisotopic (exact) mass is 213 g/mol. The Hall–Kier alpha value is -0.320. The van der Waals surface area contributed by atoms with Crippen LogP contribution in [0.3, 0.4) is 0 Å². The van der Waals surface area contributed by atoms with Crippen LogP contribution in [0.15, 0.2) is 34.1 Å². The molecule has 0 aromatic heterocycles. The van der Waals surface area contributed by atoms with Gasteiger partial charge in [-0.2, -0.15) is 0 Å². The maximum atomic E-state index is 11.8. The van der Waals surface area contributed by atoms with E-state index in [-0.39, 0.29) is 0 Å². The number of benzene rings is 1. The third kappa shape index (κ3) is 1.95. The number of nitrogens with zero attached hydrogens (tertiary/aromatic N) is 1. The second kappa shape index (κ2) is 3.82. The highest BCUT2D eigenvalue weighted by Gasteiger charge is 2.21. The minimum absolute atomic E-state index is 0.854. The van der Waals surface area contributed by atoms with Gasteiger partial charge in [-0.05, 0) is 24.6 Å². The van der Waals surface area contributed by atoms with Crippen molar-refractivity contribution in [2.24, 2.45) is 0 Å². The number of hydrogen-bond donors (Lipinski definition) is 1. The number of thiol groups is 1. The first-order valence-corrected chi connectivity index (χ1v) is 5.78. The zero-order chi connectivity index (χ0) is 9.26. The topological polar surface area (TPSA) is 20.3 Å². The molecule has 1 aromatic carbocycles. The van der Waals surface area contributed by atoms with Crippen molar-refractivity contribution in [2.75, 3.05) is 13.1 Å². The molecule has 0 bridgehead atoms. The zero-order valence-corrected chi connectivity index (χ0v) is 8.85. The normalized spacial score (nSPS) is 19.5. The molecule has 4 heteroatoms. The maximum absolute atomic E-state index is 11.8. The van der Waals surface area contributed by atoms with Gasteiger partial charge in [0.25, 0.3) is 0 Å². The van der Waals surface area contributed by atoms with Crippen LogP contribution < -0.4 is 0 Å². The lowest BCUT2D eigenvalue weighted by Crippen LogP contribution is -2.38. The Labute approximate surface area is 85.9 Å². The highest BCUT2D eigenvalue weighted by Crippen LogP contribution is 2.19. The first-order valence-electron chi connectivity index (χ1n) is 4.23. The molecule has 1 fully saturated rings. The van der Waals surface area contributed by atoms with E-state index in [9.17, 15) is 4.21 Å². The van der Waals surface area contributed by atoms with Crippen molar-refractivity contribution in [3.05, 3.63) is 24.3 Å². The zero-order valence-electron chi connectivity index (χ0n) is 7.14. The predicted octanol–water partition coefficient (Wildman–Crippen LogP) is 1.70. The Morgan fingerprint density at radius 2 is 2.15 bits per heavy atom. The highest BCUT2D eigenvalue weighted by molar-refractivity contribution is 7.83. The first kappa shape index (κ1) is 9.24. The summed E-state index contributed by atoms with van der Waals surface area (Å²) < 4.78 is 13.7. The molecule has 0 spiro atoms. The lowest BCUT2D eigenvalue weighted by atomic mass is 10.3. The van der Waals surface area contributed by atoms with Gasteiger partial charge in [0, 0.05) is 18.0 Å². The molecule has 1 aromatic rings. The SMILES string of the molecule is O=S(c1cccc(S)c1)N1CCC1. The second-order valence-electron chi connectivity index (χ2n) is 3.03. The summed E-state index contributed by atoms with van der Waals surface area (Å²) in [5, 5.41) is 0. The van der Waals surface area contributed by atoms with Crippen LogP contribution in [0.25, 0.3) is 0 Å². The predicted molar refractivity (Wildman–Crippen MR) is 56.3 cm³/mol. The molecule has 0 aliphatic carbocycles. The van der Waals surface area contributed by atoms with E-state index in [0.29, 0.717) is 0 Å². The van der Waals surface area contributed by atoms with E-state index in [1.807, 2.05) is 28.6 Å². The lowest BCUT2D eigenvalue weighted by molar-refractivity contribution is 0.328. The molecule has 0 radical (unpaired) electrons. The molecule has 1 aliphatic heterocycles. The molecule has 1 aliphatic rings. The summed E-state index contributed by atoms with van der Waals surface area (Å²) in [6.07, 6.45) is 1.16. The standard InChI is InChI=1S/C9H11NOS2/c11-13(10-5-2-6-10)9-4-1-3-8(12)7-9/h1,3-4,7,12H,2,5-6H2. The fourth-order valence-electron chi connectivity index (χ4n) is 1.19. The van der Waals surface area contributed by atoms with Gasteiger partial charge in [0.2, 0.25) is 0 Å². The van der Waals surface area contributed by atoms with Gasteiger partial charge in [-0.1, -0.05) is 6.07 Å². The molecular formula is C9H11NOS2. The van der Waals surface area contributed by atoms with Gasteiger partial charge in [0.1, 0.15) is 11.0 Å². The van der Waals surface area contributed by atoms with E-state index in [0.717, 1.165) is 29.3 Å². The van der Waals surface area contributed by atoms with E-state index in [1.54, 1.807) is 0 Å². The molecule has 1 saturated heterocycles. The molecule has 1 atom stereocenters. The number of hydrogen-bond acceptors (Lipinski definition) is 2. The van der Waals surface area contributed by atoms with E-state index in [1.165, 1.54) is 0 Å². The fraction of sp³-hybridized carbons (Fsp3) is 0.333. The molecule has 2 nitrogen and oxygen atoms in total. The highest BCUT2D eigenvalue weighted by atomic mass is 32.2. The maximum Gasteiger partial charge on any atom is 0.127 e. The van der Waals surface area contributed by atoms with Crippen molar-refractivity contribution in [2.45, 2.75) is 16.2 Å². The minimum atomic E-state index is -0.967. The Balaban J connectivity index is 2.19. The average Bonchev–Trinajstić information content (AvgIpc) is 2.01. The minimum Gasteiger partial charge on any atom is -0.237 e. The van der Waals surface area contributed by atoms with E-state index in [4.69, 9.17) is 0 Å². The third-order valence-electron chi connectivity index (χ3n) is 2.07. The first-order chi connectivity index (χ1) is 6.27. The van der Waals surface area contributed by atoms with Crippen LogP contribution in [0.1, 0.15) is 6.42 Å². The largest absolute Gasteiger partial charge is 0.237 e. The van der Waals surface area contributed by atoms with Crippen molar-refractivity contribution in [3.63, 3.8) is 0 Å². The Bertz CT molecular complexity index is 336.